The maximum absolute atomic E-state index is 13.3. The highest BCUT2D eigenvalue weighted by molar-refractivity contribution is 6.31. The standard InChI is InChI=1S/C15H16ClF3N2O2/c1-9(2)6-12-8-14(23,15(17,18)19)21(20-12)13(22)10-4-3-5-11(16)7-10/h3-5,7,9,23H,6,8H2,1-2H3/t14-/m0/s1. The lowest BCUT2D eigenvalue weighted by Crippen LogP contribution is -2.56. The van der Waals surface area contributed by atoms with Crippen LogP contribution in [0.3, 0.4) is 0 Å². The van der Waals surface area contributed by atoms with Gasteiger partial charge in [-0.15, -0.1) is 0 Å². The smallest absolute Gasteiger partial charge is 0.362 e. The number of hydrogen-bond acceptors (Lipinski definition) is 3. The molecule has 1 atom stereocenters. The number of carbonyl (C=O) groups excluding carboxylic acids is 1. The van der Waals surface area contributed by atoms with E-state index in [2.05, 4.69) is 5.10 Å². The van der Waals surface area contributed by atoms with Crippen molar-refractivity contribution in [2.24, 2.45) is 11.0 Å². The summed E-state index contributed by atoms with van der Waals surface area (Å²) in [6.45, 7) is 3.63. The lowest BCUT2D eigenvalue weighted by Gasteiger charge is -2.32. The molecule has 1 heterocycles. The van der Waals surface area contributed by atoms with Gasteiger partial charge in [-0.2, -0.15) is 23.3 Å². The third-order valence-electron chi connectivity index (χ3n) is 3.40. The van der Waals surface area contributed by atoms with E-state index in [-0.39, 0.29) is 33.6 Å². The van der Waals surface area contributed by atoms with E-state index in [4.69, 9.17) is 11.6 Å². The van der Waals surface area contributed by atoms with Gasteiger partial charge in [0, 0.05) is 22.7 Å². The molecular formula is C15H16ClF3N2O2. The summed E-state index contributed by atoms with van der Waals surface area (Å²) >= 11 is 5.76. The SMILES string of the molecule is CC(C)CC1=NN(C(=O)c2cccc(Cl)c2)[C@@](O)(C(F)(F)F)C1. The summed E-state index contributed by atoms with van der Waals surface area (Å²) < 4.78 is 40.0. The molecule has 1 aliphatic rings. The van der Waals surface area contributed by atoms with Crippen molar-refractivity contribution in [3.8, 4) is 0 Å². The summed E-state index contributed by atoms with van der Waals surface area (Å²) in [6.07, 6.45) is -5.51. The zero-order valence-electron chi connectivity index (χ0n) is 12.6. The van der Waals surface area contributed by atoms with Crippen molar-refractivity contribution in [1.82, 2.24) is 5.01 Å². The fourth-order valence-electron chi connectivity index (χ4n) is 2.38. The first-order valence-corrected chi connectivity index (χ1v) is 7.38. The van der Waals surface area contributed by atoms with E-state index in [0.29, 0.717) is 0 Å². The van der Waals surface area contributed by atoms with Gasteiger partial charge in [-0.05, 0) is 30.5 Å². The lowest BCUT2D eigenvalue weighted by atomic mass is 9.99. The van der Waals surface area contributed by atoms with Crippen LogP contribution in [0.25, 0.3) is 0 Å². The molecule has 0 fully saturated rings. The predicted molar refractivity (Wildman–Crippen MR) is 80.1 cm³/mol. The van der Waals surface area contributed by atoms with Crippen LogP contribution in [0.4, 0.5) is 13.2 Å². The number of halogens is 4. The molecule has 2 rings (SSSR count). The minimum Gasteiger partial charge on any atom is -0.362 e. The van der Waals surface area contributed by atoms with E-state index in [1.807, 2.05) is 13.8 Å². The van der Waals surface area contributed by atoms with Gasteiger partial charge >= 0.3 is 6.18 Å². The van der Waals surface area contributed by atoms with Crippen LogP contribution in [-0.2, 0) is 0 Å². The first kappa shape index (κ1) is 17.7. The van der Waals surface area contributed by atoms with E-state index in [1.165, 1.54) is 24.3 Å². The number of carbonyl (C=O) groups is 1. The summed E-state index contributed by atoms with van der Waals surface area (Å²) in [4.78, 5) is 12.4. The summed E-state index contributed by atoms with van der Waals surface area (Å²) in [5, 5.41) is 14.2. The van der Waals surface area contributed by atoms with Gasteiger partial charge in [-0.25, -0.2) is 0 Å². The van der Waals surface area contributed by atoms with Crippen molar-refractivity contribution in [3.63, 3.8) is 0 Å². The molecule has 1 aromatic carbocycles. The van der Waals surface area contributed by atoms with Gasteiger partial charge in [0.2, 0.25) is 0 Å². The molecule has 0 unspecified atom stereocenters. The highest BCUT2D eigenvalue weighted by Crippen LogP contribution is 2.41. The minimum absolute atomic E-state index is 0.0486. The van der Waals surface area contributed by atoms with Crippen molar-refractivity contribution in [2.45, 2.75) is 38.6 Å². The van der Waals surface area contributed by atoms with E-state index < -0.39 is 24.2 Å². The van der Waals surface area contributed by atoms with Gasteiger partial charge in [0.25, 0.3) is 11.6 Å². The Kier molecular flexibility index (Phi) is 4.73. The molecule has 0 saturated carbocycles. The maximum Gasteiger partial charge on any atom is 0.438 e. The van der Waals surface area contributed by atoms with Crippen molar-refractivity contribution in [2.75, 3.05) is 0 Å². The molecule has 1 amide bonds. The Morgan fingerprint density at radius 3 is 2.65 bits per heavy atom. The van der Waals surface area contributed by atoms with E-state index in [1.54, 1.807) is 0 Å². The number of hydrogen-bond donors (Lipinski definition) is 1. The van der Waals surface area contributed by atoms with Crippen molar-refractivity contribution >= 4 is 23.2 Å². The minimum atomic E-state index is -5.02. The van der Waals surface area contributed by atoms with E-state index in [9.17, 15) is 23.1 Å². The zero-order valence-corrected chi connectivity index (χ0v) is 13.3. The molecular weight excluding hydrogens is 333 g/mol. The Hall–Kier alpha value is -1.60. The van der Waals surface area contributed by atoms with Gasteiger partial charge in [0.1, 0.15) is 0 Å². The number of rotatable bonds is 3. The topological polar surface area (TPSA) is 52.9 Å². The first-order valence-electron chi connectivity index (χ1n) is 7.00. The molecule has 0 aliphatic carbocycles. The molecule has 0 radical (unpaired) electrons. The van der Waals surface area contributed by atoms with Crippen LogP contribution in [0, 0.1) is 5.92 Å². The van der Waals surface area contributed by atoms with Gasteiger partial charge in [-0.3, -0.25) is 4.79 Å². The summed E-state index contributed by atoms with van der Waals surface area (Å²) in [6, 6.07) is 5.49. The number of hydrazone groups is 1. The Morgan fingerprint density at radius 2 is 2.13 bits per heavy atom. The maximum atomic E-state index is 13.3. The van der Waals surface area contributed by atoms with Crippen LogP contribution in [0.15, 0.2) is 29.4 Å². The fourth-order valence-corrected chi connectivity index (χ4v) is 2.57. The molecule has 0 bridgehead atoms. The highest BCUT2D eigenvalue weighted by Gasteiger charge is 2.63. The van der Waals surface area contributed by atoms with Gasteiger partial charge < -0.3 is 5.11 Å². The van der Waals surface area contributed by atoms with Crippen LogP contribution in [-0.4, -0.2) is 33.6 Å². The van der Waals surface area contributed by atoms with Crippen molar-refractivity contribution < 1.29 is 23.1 Å². The number of aliphatic hydroxyl groups is 1. The highest BCUT2D eigenvalue weighted by atomic mass is 35.5. The molecule has 0 saturated heterocycles. The van der Waals surface area contributed by atoms with Gasteiger partial charge in [0.05, 0.1) is 0 Å². The van der Waals surface area contributed by atoms with E-state index in [0.717, 1.165) is 0 Å². The first-order chi connectivity index (χ1) is 10.5. The number of benzene rings is 1. The second-order valence-corrected chi connectivity index (χ2v) is 6.32. The second-order valence-electron chi connectivity index (χ2n) is 5.88. The van der Waals surface area contributed by atoms with Gasteiger partial charge in [-0.1, -0.05) is 31.5 Å². The fraction of sp³-hybridized carbons (Fsp3) is 0.467. The van der Waals surface area contributed by atoms with Crippen molar-refractivity contribution in [3.05, 3.63) is 34.9 Å². The molecule has 126 valence electrons. The van der Waals surface area contributed by atoms with Crippen LogP contribution in [0.1, 0.15) is 37.0 Å². The monoisotopic (exact) mass is 348 g/mol. The number of amides is 1. The molecule has 1 aromatic rings. The normalized spacial score (nSPS) is 21.7. The largest absolute Gasteiger partial charge is 0.438 e. The number of nitrogens with zero attached hydrogens (tertiary/aromatic N) is 2. The van der Waals surface area contributed by atoms with Crippen LogP contribution in [0.5, 0.6) is 0 Å². The molecule has 0 spiro atoms. The molecule has 1 aliphatic heterocycles. The molecule has 8 heteroatoms. The molecule has 4 nitrogen and oxygen atoms in total. The van der Waals surface area contributed by atoms with Crippen LogP contribution < -0.4 is 0 Å². The second kappa shape index (κ2) is 6.13. The van der Waals surface area contributed by atoms with E-state index >= 15 is 0 Å². The molecule has 0 aromatic heterocycles. The summed E-state index contributed by atoms with van der Waals surface area (Å²) in [5.74, 6) is -1.00. The van der Waals surface area contributed by atoms with Gasteiger partial charge in [0.15, 0.2) is 0 Å². The summed E-state index contributed by atoms with van der Waals surface area (Å²) in [5.41, 5.74) is -3.28. The average Bonchev–Trinajstić information content (AvgIpc) is 2.74. The molecule has 1 N–H and O–H groups in total. The van der Waals surface area contributed by atoms with Crippen LogP contribution in [0.2, 0.25) is 5.02 Å². The Balaban J connectivity index is 2.41. The van der Waals surface area contributed by atoms with Crippen LogP contribution >= 0.6 is 11.6 Å². The predicted octanol–water partition coefficient (Wildman–Crippen LogP) is 3.84. The lowest BCUT2D eigenvalue weighted by molar-refractivity contribution is -0.297. The Morgan fingerprint density at radius 1 is 1.48 bits per heavy atom. The number of alkyl halides is 3. The quantitative estimate of drug-likeness (QED) is 0.902. The summed E-state index contributed by atoms with van der Waals surface area (Å²) in [7, 11) is 0. The zero-order chi connectivity index (χ0) is 17.4. The average molecular weight is 349 g/mol. The Labute approximate surface area is 136 Å². The third kappa shape index (κ3) is 3.50. The Bertz CT molecular complexity index is 646. The van der Waals surface area contributed by atoms with Crippen molar-refractivity contribution in [1.29, 1.82) is 0 Å². The molecule has 23 heavy (non-hydrogen) atoms. The third-order valence-corrected chi connectivity index (χ3v) is 3.64.